The van der Waals surface area contributed by atoms with Gasteiger partial charge in [-0.2, -0.15) is 5.26 Å². The van der Waals surface area contributed by atoms with Crippen LogP contribution in [-0.4, -0.2) is 24.3 Å². The second kappa shape index (κ2) is 5.52. The van der Waals surface area contributed by atoms with E-state index in [9.17, 15) is 10.4 Å². The van der Waals surface area contributed by atoms with Gasteiger partial charge in [0.15, 0.2) is 0 Å². The molecule has 1 N–H and O–H groups in total. The standard InChI is InChI=1S/C17H18N2O/c18-12-14-11-16(10-13-4-1-2-6-17(13)14)19-8-3-5-15(19)7-9-20/h1-2,4,6,10-11,15,20H,3,5,7-9H2. The van der Waals surface area contributed by atoms with Gasteiger partial charge < -0.3 is 10.0 Å². The Hall–Kier alpha value is -2.05. The Balaban J connectivity index is 2.06. The maximum Gasteiger partial charge on any atom is 0.0998 e. The van der Waals surface area contributed by atoms with E-state index in [2.05, 4.69) is 23.1 Å². The highest BCUT2D eigenvalue weighted by molar-refractivity contribution is 5.91. The zero-order chi connectivity index (χ0) is 13.9. The van der Waals surface area contributed by atoms with Gasteiger partial charge in [0, 0.05) is 24.9 Å². The van der Waals surface area contributed by atoms with Gasteiger partial charge in [-0.05, 0) is 42.2 Å². The molecule has 3 heteroatoms. The number of anilines is 1. The van der Waals surface area contributed by atoms with Crippen LogP contribution in [0, 0.1) is 11.3 Å². The normalized spacial score (nSPS) is 18.4. The van der Waals surface area contributed by atoms with Crippen molar-refractivity contribution in [2.24, 2.45) is 0 Å². The SMILES string of the molecule is N#Cc1cc(N2CCCC2CCO)cc2ccccc12. The molecular weight excluding hydrogens is 248 g/mol. The lowest BCUT2D eigenvalue weighted by atomic mass is 10.0. The summed E-state index contributed by atoms with van der Waals surface area (Å²) in [5, 5.41) is 20.7. The molecule has 1 atom stereocenters. The number of nitriles is 1. The fourth-order valence-corrected chi connectivity index (χ4v) is 3.18. The summed E-state index contributed by atoms with van der Waals surface area (Å²) in [7, 11) is 0. The lowest BCUT2D eigenvalue weighted by Gasteiger charge is -2.27. The largest absolute Gasteiger partial charge is 0.396 e. The van der Waals surface area contributed by atoms with Crippen molar-refractivity contribution in [3.8, 4) is 6.07 Å². The van der Waals surface area contributed by atoms with E-state index in [1.165, 1.54) is 0 Å². The predicted octanol–water partition coefficient (Wildman–Crippen LogP) is 3.06. The summed E-state index contributed by atoms with van der Waals surface area (Å²) in [6.07, 6.45) is 3.07. The van der Waals surface area contributed by atoms with E-state index in [1.807, 2.05) is 24.3 Å². The van der Waals surface area contributed by atoms with Crippen LogP contribution in [0.5, 0.6) is 0 Å². The first kappa shape index (κ1) is 13.0. The highest BCUT2D eigenvalue weighted by atomic mass is 16.3. The van der Waals surface area contributed by atoms with E-state index in [0.29, 0.717) is 6.04 Å². The van der Waals surface area contributed by atoms with E-state index in [0.717, 1.165) is 47.8 Å². The Kier molecular flexibility index (Phi) is 3.58. The molecule has 0 amide bonds. The van der Waals surface area contributed by atoms with Gasteiger partial charge in [-0.3, -0.25) is 0 Å². The highest BCUT2D eigenvalue weighted by Crippen LogP contribution is 2.31. The van der Waals surface area contributed by atoms with Crippen LogP contribution in [0.1, 0.15) is 24.8 Å². The van der Waals surface area contributed by atoms with Gasteiger partial charge in [0.05, 0.1) is 11.6 Å². The topological polar surface area (TPSA) is 47.3 Å². The lowest BCUT2D eigenvalue weighted by Crippen LogP contribution is -2.29. The van der Waals surface area contributed by atoms with Crippen molar-refractivity contribution in [1.82, 2.24) is 0 Å². The van der Waals surface area contributed by atoms with Crippen LogP contribution in [0.2, 0.25) is 0 Å². The third kappa shape index (κ3) is 2.23. The minimum absolute atomic E-state index is 0.222. The molecule has 1 heterocycles. The number of fused-ring (bicyclic) bond motifs is 1. The first-order chi connectivity index (χ1) is 9.83. The van der Waals surface area contributed by atoms with Crippen molar-refractivity contribution in [3.63, 3.8) is 0 Å². The Bertz CT molecular complexity index is 660. The van der Waals surface area contributed by atoms with Gasteiger partial charge in [0.1, 0.15) is 0 Å². The number of nitrogens with zero attached hydrogens (tertiary/aromatic N) is 2. The van der Waals surface area contributed by atoms with Crippen LogP contribution in [0.15, 0.2) is 36.4 Å². The monoisotopic (exact) mass is 266 g/mol. The van der Waals surface area contributed by atoms with Gasteiger partial charge in [0.25, 0.3) is 0 Å². The predicted molar refractivity (Wildman–Crippen MR) is 80.7 cm³/mol. The number of hydrogen-bond donors (Lipinski definition) is 1. The van der Waals surface area contributed by atoms with Crippen molar-refractivity contribution in [2.45, 2.75) is 25.3 Å². The van der Waals surface area contributed by atoms with Gasteiger partial charge >= 0.3 is 0 Å². The van der Waals surface area contributed by atoms with E-state index < -0.39 is 0 Å². The molecule has 0 radical (unpaired) electrons. The van der Waals surface area contributed by atoms with E-state index in [1.54, 1.807) is 0 Å². The number of aliphatic hydroxyl groups is 1. The summed E-state index contributed by atoms with van der Waals surface area (Å²) >= 11 is 0. The summed E-state index contributed by atoms with van der Waals surface area (Å²) in [4.78, 5) is 2.34. The van der Waals surface area contributed by atoms with Gasteiger partial charge in [0.2, 0.25) is 0 Å². The zero-order valence-electron chi connectivity index (χ0n) is 11.4. The fraction of sp³-hybridized carbons (Fsp3) is 0.353. The van der Waals surface area contributed by atoms with Crippen molar-refractivity contribution < 1.29 is 5.11 Å². The molecule has 3 rings (SSSR count). The molecular formula is C17H18N2O. The molecule has 2 aromatic carbocycles. The van der Waals surface area contributed by atoms with Crippen LogP contribution >= 0.6 is 0 Å². The maximum atomic E-state index is 9.36. The molecule has 1 unspecified atom stereocenters. The van der Waals surface area contributed by atoms with Crippen molar-refractivity contribution >= 4 is 16.5 Å². The minimum Gasteiger partial charge on any atom is -0.396 e. The van der Waals surface area contributed by atoms with Crippen molar-refractivity contribution in [3.05, 3.63) is 42.0 Å². The Labute approximate surface area is 119 Å². The van der Waals surface area contributed by atoms with Crippen LogP contribution in [-0.2, 0) is 0 Å². The van der Waals surface area contributed by atoms with Crippen LogP contribution in [0.25, 0.3) is 10.8 Å². The second-order valence-corrected chi connectivity index (χ2v) is 5.33. The Morgan fingerprint density at radius 2 is 2.15 bits per heavy atom. The molecule has 1 fully saturated rings. The van der Waals surface area contributed by atoms with Crippen molar-refractivity contribution in [2.75, 3.05) is 18.1 Å². The number of benzene rings is 2. The molecule has 1 aliphatic rings. The lowest BCUT2D eigenvalue weighted by molar-refractivity contribution is 0.276. The quantitative estimate of drug-likeness (QED) is 0.928. The van der Waals surface area contributed by atoms with E-state index in [-0.39, 0.29) is 6.61 Å². The van der Waals surface area contributed by atoms with Crippen LogP contribution in [0.3, 0.4) is 0 Å². The molecule has 0 bridgehead atoms. The van der Waals surface area contributed by atoms with Gasteiger partial charge in [-0.25, -0.2) is 0 Å². The molecule has 0 aromatic heterocycles. The average molecular weight is 266 g/mol. The van der Waals surface area contributed by atoms with Gasteiger partial charge in [-0.15, -0.1) is 0 Å². The molecule has 0 saturated carbocycles. The van der Waals surface area contributed by atoms with E-state index >= 15 is 0 Å². The fourth-order valence-electron chi connectivity index (χ4n) is 3.18. The summed E-state index contributed by atoms with van der Waals surface area (Å²) in [6, 6.07) is 14.9. The molecule has 20 heavy (non-hydrogen) atoms. The molecule has 1 saturated heterocycles. The van der Waals surface area contributed by atoms with Crippen LogP contribution < -0.4 is 4.90 Å². The zero-order valence-corrected chi connectivity index (χ0v) is 11.4. The summed E-state index contributed by atoms with van der Waals surface area (Å²) in [5.74, 6) is 0. The molecule has 0 spiro atoms. The maximum absolute atomic E-state index is 9.36. The summed E-state index contributed by atoms with van der Waals surface area (Å²) in [6.45, 7) is 1.23. The molecule has 2 aromatic rings. The molecule has 1 aliphatic heterocycles. The molecule has 0 aliphatic carbocycles. The minimum atomic E-state index is 0.222. The van der Waals surface area contributed by atoms with Crippen LogP contribution in [0.4, 0.5) is 5.69 Å². The smallest absolute Gasteiger partial charge is 0.0998 e. The number of hydrogen-bond acceptors (Lipinski definition) is 3. The third-order valence-electron chi connectivity index (χ3n) is 4.14. The number of aliphatic hydroxyl groups excluding tert-OH is 1. The summed E-state index contributed by atoms with van der Waals surface area (Å²) in [5.41, 5.74) is 1.84. The molecule has 102 valence electrons. The number of rotatable bonds is 3. The van der Waals surface area contributed by atoms with Gasteiger partial charge in [-0.1, -0.05) is 24.3 Å². The average Bonchev–Trinajstić information content (AvgIpc) is 2.95. The Morgan fingerprint density at radius 1 is 1.30 bits per heavy atom. The first-order valence-electron chi connectivity index (χ1n) is 7.14. The second-order valence-electron chi connectivity index (χ2n) is 5.33. The molecule has 3 nitrogen and oxygen atoms in total. The Morgan fingerprint density at radius 3 is 2.95 bits per heavy atom. The highest BCUT2D eigenvalue weighted by Gasteiger charge is 2.24. The van der Waals surface area contributed by atoms with Crippen molar-refractivity contribution in [1.29, 1.82) is 5.26 Å². The third-order valence-corrected chi connectivity index (χ3v) is 4.14. The van der Waals surface area contributed by atoms with E-state index in [4.69, 9.17) is 0 Å². The first-order valence-corrected chi connectivity index (χ1v) is 7.14. The summed E-state index contributed by atoms with van der Waals surface area (Å²) < 4.78 is 0.